The number of carbonyl (C=O) groups is 1. The minimum Gasteiger partial charge on any atom is -0.512 e. The van der Waals surface area contributed by atoms with Crippen molar-refractivity contribution in [3.05, 3.63) is 11.3 Å². The average Bonchev–Trinajstić information content (AvgIpc) is 2.05. The first-order valence-electron chi connectivity index (χ1n) is 4.70. The number of aliphatic hydroxyl groups is 1. The highest BCUT2D eigenvalue weighted by Gasteiger charge is 2.17. The lowest BCUT2D eigenvalue weighted by Crippen LogP contribution is -2.09. The summed E-state index contributed by atoms with van der Waals surface area (Å²) in [6, 6.07) is 0. The van der Waals surface area contributed by atoms with E-state index in [2.05, 4.69) is 0 Å². The molecule has 0 fully saturated rings. The number of aliphatic hydroxyl groups excluding tert-OH is 1. The third-order valence-electron chi connectivity index (χ3n) is 2.25. The number of hydrogen-bond donors (Lipinski definition) is 1. The molecule has 0 amide bonds. The number of hydrogen-bond acceptors (Lipinski definition) is 2. The van der Waals surface area contributed by atoms with Crippen LogP contribution in [0.2, 0.25) is 0 Å². The van der Waals surface area contributed by atoms with E-state index in [0.29, 0.717) is 24.2 Å². The maximum absolute atomic E-state index is 11.4. The Morgan fingerprint density at radius 3 is 2.67 bits per heavy atom. The second kappa shape index (κ2) is 4.29. The molecule has 2 nitrogen and oxygen atoms in total. The van der Waals surface area contributed by atoms with Crippen molar-refractivity contribution >= 4 is 5.78 Å². The van der Waals surface area contributed by atoms with E-state index in [1.165, 1.54) is 0 Å². The Kier molecular flexibility index (Phi) is 3.32. The van der Waals surface area contributed by atoms with Crippen LogP contribution in [0.4, 0.5) is 0 Å². The van der Waals surface area contributed by atoms with E-state index in [9.17, 15) is 9.90 Å². The monoisotopic (exact) mass is 168 g/mol. The van der Waals surface area contributed by atoms with Crippen LogP contribution in [0, 0.1) is 0 Å². The van der Waals surface area contributed by atoms with Crippen LogP contribution in [-0.4, -0.2) is 10.9 Å². The molecule has 0 radical (unpaired) electrons. The lowest BCUT2D eigenvalue weighted by atomic mass is 9.93. The fourth-order valence-corrected chi connectivity index (χ4v) is 1.57. The van der Waals surface area contributed by atoms with Gasteiger partial charge in [0.2, 0.25) is 0 Å². The summed E-state index contributed by atoms with van der Waals surface area (Å²) >= 11 is 0. The van der Waals surface area contributed by atoms with E-state index in [4.69, 9.17) is 0 Å². The molecule has 0 aromatic carbocycles. The van der Waals surface area contributed by atoms with Gasteiger partial charge in [0.15, 0.2) is 5.78 Å². The van der Waals surface area contributed by atoms with Crippen LogP contribution in [0.5, 0.6) is 0 Å². The average molecular weight is 168 g/mol. The minimum absolute atomic E-state index is 0.148. The van der Waals surface area contributed by atoms with Crippen LogP contribution < -0.4 is 0 Å². The number of ketones is 1. The highest BCUT2D eigenvalue weighted by atomic mass is 16.3. The van der Waals surface area contributed by atoms with Crippen molar-refractivity contribution < 1.29 is 9.90 Å². The Balaban J connectivity index is 2.64. The fourth-order valence-electron chi connectivity index (χ4n) is 1.57. The highest BCUT2D eigenvalue weighted by Crippen LogP contribution is 2.24. The van der Waals surface area contributed by atoms with Crippen LogP contribution in [0.15, 0.2) is 11.3 Å². The standard InChI is InChI=1S/C10H16O2/c1-2-5-9(11)8-6-3-4-7-10(8)12/h12H,2-7H2,1H3. The Labute approximate surface area is 73.3 Å². The summed E-state index contributed by atoms with van der Waals surface area (Å²) in [4.78, 5) is 11.4. The third-order valence-corrected chi connectivity index (χ3v) is 2.25. The predicted molar refractivity (Wildman–Crippen MR) is 48.0 cm³/mol. The molecule has 0 heterocycles. The second-order valence-electron chi connectivity index (χ2n) is 3.31. The minimum atomic E-state index is 0.148. The first-order chi connectivity index (χ1) is 5.75. The van der Waals surface area contributed by atoms with Crippen molar-refractivity contribution in [1.82, 2.24) is 0 Å². The molecule has 0 atom stereocenters. The van der Waals surface area contributed by atoms with Crippen LogP contribution >= 0.6 is 0 Å². The van der Waals surface area contributed by atoms with Gasteiger partial charge in [-0.05, 0) is 25.7 Å². The van der Waals surface area contributed by atoms with Gasteiger partial charge < -0.3 is 5.11 Å². The molecule has 0 aromatic rings. The zero-order chi connectivity index (χ0) is 8.97. The van der Waals surface area contributed by atoms with Gasteiger partial charge >= 0.3 is 0 Å². The van der Waals surface area contributed by atoms with E-state index in [1.807, 2.05) is 6.92 Å². The Morgan fingerprint density at radius 1 is 1.42 bits per heavy atom. The van der Waals surface area contributed by atoms with Crippen molar-refractivity contribution in [3.63, 3.8) is 0 Å². The van der Waals surface area contributed by atoms with E-state index in [0.717, 1.165) is 25.7 Å². The van der Waals surface area contributed by atoms with Crippen molar-refractivity contribution in [2.24, 2.45) is 0 Å². The molecule has 0 spiro atoms. The summed E-state index contributed by atoms with van der Waals surface area (Å²) in [5.41, 5.74) is 0.697. The Hall–Kier alpha value is -0.790. The van der Waals surface area contributed by atoms with Gasteiger partial charge in [-0.1, -0.05) is 6.92 Å². The van der Waals surface area contributed by atoms with Gasteiger partial charge in [0.1, 0.15) is 0 Å². The summed E-state index contributed by atoms with van der Waals surface area (Å²) in [7, 11) is 0. The second-order valence-corrected chi connectivity index (χ2v) is 3.31. The Bertz CT molecular complexity index is 204. The number of carbonyl (C=O) groups excluding carboxylic acids is 1. The van der Waals surface area contributed by atoms with Crippen molar-refractivity contribution in [2.75, 3.05) is 0 Å². The van der Waals surface area contributed by atoms with Crippen LogP contribution in [0.25, 0.3) is 0 Å². The molecule has 2 heteroatoms. The first kappa shape index (κ1) is 9.30. The molecule has 0 unspecified atom stereocenters. The quantitative estimate of drug-likeness (QED) is 0.703. The Morgan fingerprint density at radius 2 is 2.08 bits per heavy atom. The fraction of sp³-hybridized carbons (Fsp3) is 0.700. The van der Waals surface area contributed by atoms with E-state index in [-0.39, 0.29) is 5.78 Å². The van der Waals surface area contributed by atoms with E-state index < -0.39 is 0 Å². The van der Waals surface area contributed by atoms with Crippen LogP contribution in [0.1, 0.15) is 45.4 Å². The normalized spacial score (nSPS) is 18.1. The molecule has 1 N–H and O–H groups in total. The molecule has 0 aliphatic heterocycles. The number of rotatable bonds is 3. The van der Waals surface area contributed by atoms with Crippen molar-refractivity contribution in [1.29, 1.82) is 0 Å². The summed E-state index contributed by atoms with van der Waals surface area (Å²) in [6.07, 6.45) is 5.01. The third kappa shape index (κ3) is 2.10. The van der Waals surface area contributed by atoms with Crippen LogP contribution in [0.3, 0.4) is 0 Å². The number of Topliss-reactive ketones (excluding diaryl/α,β-unsaturated/α-hetero) is 1. The molecule has 0 saturated heterocycles. The maximum Gasteiger partial charge on any atom is 0.162 e. The zero-order valence-electron chi connectivity index (χ0n) is 7.60. The SMILES string of the molecule is CCCC(=O)C1=C(O)CCCC1. The van der Waals surface area contributed by atoms with Gasteiger partial charge in [0, 0.05) is 18.4 Å². The molecule has 68 valence electrons. The first-order valence-corrected chi connectivity index (χ1v) is 4.70. The van der Waals surface area contributed by atoms with E-state index in [1.54, 1.807) is 0 Å². The molecule has 1 aliphatic carbocycles. The molecule has 0 saturated carbocycles. The van der Waals surface area contributed by atoms with E-state index >= 15 is 0 Å². The predicted octanol–water partition coefficient (Wildman–Crippen LogP) is 2.74. The van der Waals surface area contributed by atoms with Gasteiger partial charge in [-0.15, -0.1) is 0 Å². The molecule has 1 aliphatic rings. The molecule has 0 bridgehead atoms. The van der Waals surface area contributed by atoms with Crippen molar-refractivity contribution in [2.45, 2.75) is 45.4 Å². The van der Waals surface area contributed by atoms with Crippen molar-refractivity contribution in [3.8, 4) is 0 Å². The maximum atomic E-state index is 11.4. The summed E-state index contributed by atoms with van der Waals surface area (Å²) < 4.78 is 0. The lowest BCUT2D eigenvalue weighted by Gasteiger charge is -2.14. The molecular weight excluding hydrogens is 152 g/mol. The molecule has 1 rings (SSSR count). The summed E-state index contributed by atoms with van der Waals surface area (Å²) in [5.74, 6) is 0.495. The van der Waals surface area contributed by atoms with Gasteiger partial charge in [-0.25, -0.2) is 0 Å². The lowest BCUT2D eigenvalue weighted by molar-refractivity contribution is -0.116. The molecular formula is C10H16O2. The summed E-state index contributed by atoms with van der Waals surface area (Å²) in [6.45, 7) is 1.98. The number of allylic oxidation sites excluding steroid dienone is 2. The topological polar surface area (TPSA) is 37.3 Å². The van der Waals surface area contributed by atoms with Gasteiger partial charge in [-0.3, -0.25) is 4.79 Å². The highest BCUT2D eigenvalue weighted by molar-refractivity contribution is 5.95. The smallest absolute Gasteiger partial charge is 0.162 e. The van der Waals surface area contributed by atoms with Gasteiger partial charge in [-0.2, -0.15) is 0 Å². The van der Waals surface area contributed by atoms with Crippen LogP contribution in [-0.2, 0) is 4.79 Å². The van der Waals surface area contributed by atoms with Gasteiger partial charge in [0.25, 0.3) is 0 Å². The van der Waals surface area contributed by atoms with Gasteiger partial charge in [0.05, 0.1) is 5.76 Å². The molecule has 0 aromatic heterocycles. The summed E-state index contributed by atoms with van der Waals surface area (Å²) in [5, 5.41) is 9.42. The zero-order valence-corrected chi connectivity index (χ0v) is 7.60. The molecule has 12 heavy (non-hydrogen) atoms. The largest absolute Gasteiger partial charge is 0.512 e.